The molecule has 0 spiro atoms. The maximum Gasteiger partial charge on any atom is 0.0616 e. The monoisotopic (exact) mass is 518 g/mol. The van der Waals surface area contributed by atoms with Crippen molar-refractivity contribution in [3.63, 3.8) is 0 Å². The SMILES string of the molecule is C/C=C(\C)c1cccc(-c2ccc3c(ccc4c5c(n(-c6cccc7ccccc67)c43)CCC=C5)c2)c1.C=CN. The Kier molecular flexibility index (Phi) is 6.84. The molecule has 1 heterocycles. The lowest BCUT2D eigenvalue weighted by molar-refractivity contribution is 0.893. The van der Waals surface area contributed by atoms with E-state index in [4.69, 9.17) is 0 Å². The minimum atomic E-state index is 1.06. The van der Waals surface area contributed by atoms with Crippen molar-refractivity contribution >= 4 is 44.1 Å². The van der Waals surface area contributed by atoms with Crippen LogP contribution in [0.2, 0.25) is 0 Å². The number of allylic oxidation sites excluding steroid dienone is 3. The van der Waals surface area contributed by atoms with Crippen molar-refractivity contribution in [2.24, 2.45) is 5.73 Å². The van der Waals surface area contributed by atoms with Gasteiger partial charge in [0.05, 0.1) is 11.2 Å². The summed E-state index contributed by atoms with van der Waals surface area (Å²) in [5, 5.41) is 6.49. The molecule has 2 heteroatoms. The van der Waals surface area contributed by atoms with E-state index in [1.165, 1.54) is 77.9 Å². The van der Waals surface area contributed by atoms with E-state index in [1.807, 2.05) is 0 Å². The average Bonchev–Trinajstić information content (AvgIpc) is 3.35. The standard InChI is InChI=1S/C36H29N.C2H5N/c1-3-24(2)26-12-8-13-27(22-26)28-18-20-31-29(23-28)19-21-33-32-15-6-7-16-35(32)37(36(31)33)34-17-9-11-25-10-4-5-14-30(25)34;1-2-3/h3-6,8-15,17-23H,7,16H2,1-2H3;2H,1,3H2/b24-3+;. The predicted molar refractivity (Wildman–Crippen MR) is 175 cm³/mol. The zero-order chi connectivity index (χ0) is 27.6. The minimum Gasteiger partial charge on any atom is -0.405 e. The van der Waals surface area contributed by atoms with Gasteiger partial charge in [-0.1, -0.05) is 104 Å². The molecule has 2 N–H and O–H groups in total. The Morgan fingerprint density at radius 1 is 0.800 bits per heavy atom. The number of rotatable bonds is 3. The first kappa shape index (κ1) is 25.5. The number of nitrogens with zero attached hydrogens (tertiary/aromatic N) is 1. The second kappa shape index (κ2) is 10.7. The van der Waals surface area contributed by atoms with E-state index in [-0.39, 0.29) is 0 Å². The second-order valence-corrected chi connectivity index (χ2v) is 10.3. The first-order valence-corrected chi connectivity index (χ1v) is 14.0. The van der Waals surface area contributed by atoms with Gasteiger partial charge >= 0.3 is 0 Å². The lowest BCUT2D eigenvalue weighted by Crippen LogP contribution is -2.03. The summed E-state index contributed by atoms with van der Waals surface area (Å²) in [6.07, 6.45) is 10.2. The smallest absolute Gasteiger partial charge is 0.0616 e. The summed E-state index contributed by atoms with van der Waals surface area (Å²) in [5.41, 5.74) is 15.1. The van der Waals surface area contributed by atoms with Crippen molar-refractivity contribution < 1.29 is 0 Å². The highest BCUT2D eigenvalue weighted by atomic mass is 15.0. The van der Waals surface area contributed by atoms with Gasteiger partial charge in [-0.25, -0.2) is 0 Å². The van der Waals surface area contributed by atoms with Gasteiger partial charge < -0.3 is 10.3 Å². The molecule has 6 aromatic rings. The molecule has 40 heavy (non-hydrogen) atoms. The second-order valence-electron chi connectivity index (χ2n) is 10.3. The van der Waals surface area contributed by atoms with Gasteiger partial charge in [-0.15, -0.1) is 0 Å². The first-order chi connectivity index (χ1) is 19.6. The molecule has 0 bridgehead atoms. The first-order valence-electron chi connectivity index (χ1n) is 14.0. The van der Waals surface area contributed by atoms with Gasteiger partial charge in [-0.3, -0.25) is 0 Å². The molecule has 2 nitrogen and oxygen atoms in total. The van der Waals surface area contributed by atoms with Crippen LogP contribution in [-0.4, -0.2) is 4.57 Å². The van der Waals surface area contributed by atoms with Crippen molar-refractivity contribution in [2.45, 2.75) is 26.7 Å². The molecule has 0 fully saturated rings. The third-order valence-electron chi connectivity index (χ3n) is 8.01. The normalized spacial score (nSPS) is 12.8. The van der Waals surface area contributed by atoms with Crippen molar-refractivity contribution in [1.29, 1.82) is 0 Å². The van der Waals surface area contributed by atoms with Crippen LogP contribution in [-0.2, 0) is 6.42 Å². The van der Waals surface area contributed by atoms with E-state index in [0.29, 0.717) is 0 Å². The van der Waals surface area contributed by atoms with Crippen LogP contribution in [0.3, 0.4) is 0 Å². The molecule has 196 valence electrons. The van der Waals surface area contributed by atoms with E-state index < -0.39 is 0 Å². The lowest BCUT2D eigenvalue weighted by Gasteiger charge is -2.16. The predicted octanol–water partition coefficient (Wildman–Crippen LogP) is 10.1. The van der Waals surface area contributed by atoms with Crippen LogP contribution in [0.4, 0.5) is 0 Å². The maximum atomic E-state index is 4.61. The van der Waals surface area contributed by atoms with Crippen molar-refractivity contribution in [3.05, 3.63) is 139 Å². The van der Waals surface area contributed by atoms with Crippen LogP contribution in [0.1, 0.15) is 37.1 Å². The lowest BCUT2D eigenvalue weighted by atomic mass is 9.96. The van der Waals surface area contributed by atoms with E-state index in [2.05, 4.69) is 146 Å². The Labute approximate surface area is 236 Å². The Morgan fingerprint density at radius 3 is 2.40 bits per heavy atom. The van der Waals surface area contributed by atoms with Gasteiger partial charge in [0.15, 0.2) is 0 Å². The van der Waals surface area contributed by atoms with E-state index in [1.54, 1.807) is 0 Å². The Balaban J connectivity index is 0.000000925. The van der Waals surface area contributed by atoms with Crippen molar-refractivity contribution in [2.75, 3.05) is 0 Å². The zero-order valence-corrected chi connectivity index (χ0v) is 23.2. The molecule has 7 rings (SSSR count). The molecule has 0 saturated heterocycles. The number of benzene rings is 5. The van der Waals surface area contributed by atoms with Gasteiger partial charge in [0.25, 0.3) is 0 Å². The van der Waals surface area contributed by atoms with Crippen LogP contribution in [0, 0.1) is 0 Å². The van der Waals surface area contributed by atoms with Crippen LogP contribution in [0.25, 0.3) is 60.9 Å². The van der Waals surface area contributed by atoms with Gasteiger partial charge in [-0.2, -0.15) is 0 Å². The van der Waals surface area contributed by atoms with Crippen molar-refractivity contribution in [1.82, 2.24) is 4.57 Å². The highest BCUT2D eigenvalue weighted by Crippen LogP contribution is 2.40. The Hall–Kier alpha value is -4.82. The zero-order valence-electron chi connectivity index (χ0n) is 23.2. The number of fused-ring (bicyclic) bond motifs is 6. The van der Waals surface area contributed by atoms with Gasteiger partial charge in [-0.05, 0) is 84.1 Å². The fraction of sp³-hybridized carbons (Fsp3) is 0.105. The van der Waals surface area contributed by atoms with Crippen LogP contribution >= 0.6 is 0 Å². The molecular formula is C38H34N2. The molecule has 0 unspecified atom stereocenters. The average molecular weight is 519 g/mol. The molecule has 0 aliphatic heterocycles. The highest BCUT2D eigenvalue weighted by molar-refractivity contribution is 6.12. The number of aromatic nitrogens is 1. The quantitative estimate of drug-likeness (QED) is 0.248. The Morgan fingerprint density at radius 2 is 1.55 bits per heavy atom. The molecule has 0 radical (unpaired) electrons. The summed E-state index contributed by atoms with van der Waals surface area (Å²) in [4.78, 5) is 0. The molecule has 1 aromatic heterocycles. The Bertz CT molecular complexity index is 1940. The summed E-state index contributed by atoms with van der Waals surface area (Å²) < 4.78 is 2.55. The fourth-order valence-electron chi connectivity index (χ4n) is 6.00. The van der Waals surface area contributed by atoms with E-state index in [0.717, 1.165) is 12.8 Å². The maximum absolute atomic E-state index is 4.61. The van der Waals surface area contributed by atoms with Crippen LogP contribution < -0.4 is 5.73 Å². The topological polar surface area (TPSA) is 30.9 Å². The number of hydrogen-bond donors (Lipinski definition) is 1. The fourth-order valence-corrected chi connectivity index (χ4v) is 6.00. The summed E-state index contributed by atoms with van der Waals surface area (Å²) >= 11 is 0. The summed E-state index contributed by atoms with van der Waals surface area (Å²) in [6.45, 7) is 7.41. The highest BCUT2D eigenvalue weighted by Gasteiger charge is 2.21. The summed E-state index contributed by atoms with van der Waals surface area (Å²) in [7, 11) is 0. The molecule has 1 aliphatic carbocycles. The summed E-state index contributed by atoms with van der Waals surface area (Å²) in [6, 6.07) is 35.9. The molecule has 0 amide bonds. The van der Waals surface area contributed by atoms with Gasteiger partial charge in [0.1, 0.15) is 0 Å². The van der Waals surface area contributed by atoms with Gasteiger partial charge in [0.2, 0.25) is 0 Å². The summed E-state index contributed by atoms with van der Waals surface area (Å²) in [5.74, 6) is 0. The third-order valence-corrected chi connectivity index (χ3v) is 8.01. The molecule has 0 saturated carbocycles. The van der Waals surface area contributed by atoms with E-state index >= 15 is 0 Å². The van der Waals surface area contributed by atoms with Crippen LogP contribution in [0.15, 0.2) is 122 Å². The molecule has 0 atom stereocenters. The largest absolute Gasteiger partial charge is 0.405 e. The third kappa shape index (κ3) is 4.32. The number of hydrogen-bond acceptors (Lipinski definition) is 1. The molecule has 5 aromatic carbocycles. The minimum absolute atomic E-state index is 1.06. The van der Waals surface area contributed by atoms with Gasteiger partial charge in [0, 0.05) is 27.4 Å². The number of nitrogens with two attached hydrogens (primary N) is 1. The van der Waals surface area contributed by atoms with Crippen molar-refractivity contribution in [3.8, 4) is 16.8 Å². The molecular weight excluding hydrogens is 484 g/mol. The van der Waals surface area contributed by atoms with E-state index in [9.17, 15) is 0 Å². The van der Waals surface area contributed by atoms with Crippen LogP contribution in [0.5, 0.6) is 0 Å². The molecule has 1 aliphatic rings.